The summed E-state index contributed by atoms with van der Waals surface area (Å²) in [7, 11) is 0. The number of thiophene rings is 1. The third-order valence-electron chi connectivity index (χ3n) is 2.38. The summed E-state index contributed by atoms with van der Waals surface area (Å²) in [5.74, 6) is 0.862. The van der Waals surface area contributed by atoms with Crippen molar-refractivity contribution in [3.63, 3.8) is 0 Å². The van der Waals surface area contributed by atoms with Gasteiger partial charge in [-0.15, -0.1) is 11.3 Å². The van der Waals surface area contributed by atoms with Crippen molar-refractivity contribution < 1.29 is 4.74 Å². The molecule has 2 nitrogen and oxygen atoms in total. The smallest absolute Gasteiger partial charge is 0.148 e. The normalized spacial score (nSPS) is 14.3. The molecule has 0 aliphatic rings. The van der Waals surface area contributed by atoms with E-state index in [4.69, 9.17) is 10.5 Å². The zero-order chi connectivity index (χ0) is 12.3. The van der Waals surface area contributed by atoms with E-state index in [0.29, 0.717) is 0 Å². The lowest BCUT2D eigenvalue weighted by Gasteiger charge is -2.21. The minimum absolute atomic E-state index is 0.0343. The van der Waals surface area contributed by atoms with Crippen molar-refractivity contribution in [2.45, 2.75) is 19.1 Å². The monoisotopic (exact) mass is 359 g/mol. The van der Waals surface area contributed by atoms with E-state index in [9.17, 15) is 0 Å². The summed E-state index contributed by atoms with van der Waals surface area (Å²) in [6.45, 7) is 1.97. The molecule has 0 spiro atoms. The Bertz CT molecular complexity index is 453. The Morgan fingerprint density at radius 2 is 1.94 bits per heavy atom. The minimum Gasteiger partial charge on any atom is -0.483 e. The van der Waals surface area contributed by atoms with E-state index in [0.717, 1.165) is 5.75 Å². The first-order valence-corrected chi connectivity index (χ1v) is 7.34. The molecule has 2 atom stereocenters. The van der Waals surface area contributed by atoms with Crippen LogP contribution in [-0.2, 0) is 0 Å². The van der Waals surface area contributed by atoms with Crippen LogP contribution in [0.15, 0.2) is 41.8 Å². The van der Waals surface area contributed by atoms with Gasteiger partial charge in [0.2, 0.25) is 0 Å². The summed E-state index contributed by atoms with van der Waals surface area (Å²) in [6.07, 6.45) is -0.0740. The van der Waals surface area contributed by atoms with E-state index in [1.807, 2.05) is 42.6 Å². The first-order chi connectivity index (χ1) is 8.16. The van der Waals surface area contributed by atoms with Gasteiger partial charge in [0.15, 0.2) is 0 Å². The molecule has 0 aliphatic carbocycles. The molecule has 90 valence electrons. The Labute approximate surface area is 119 Å². The standard InChI is InChI=1S/C13H14INOS/c1-9(15)13(12-3-2-8-17-12)16-11-6-4-10(14)5-7-11/h2-9,13H,15H2,1H3. The lowest BCUT2D eigenvalue weighted by molar-refractivity contribution is 0.184. The molecule has 2 aromatic rings. The van der Waals surface area contributed by atoms with Crippen LogP contribution >= 0.6 is 33.9 Å². The predicted molar refractivity (Wildman–Crippen MR) is 80.5 cm³/mol. The molecule has 2 rings (SSSR count). The van der Waals surface area contributed by atoms with Gasteiger partial charge in [0, 0.05) is 14.5 Å². The number of hydrogen-bond donors (Lipinski definition) is 1. The maximum Gasteiger partial charge on any atom is 0.148 e. The maximum absolute atomic E-state index is 5.99. The molecule has 2 N–H and O–H groups in total. The molecule has 0 aliphatic heterocycles. The zero-order valence-electron chi connectivity index (χ0n) is 9.47. The molecule has 1 heterocycles. The summed E-state index contributed by atoms with van der Waals surface area (Å²) >= 11 is 3.95. The van der Waals surface area contributed by atoms with Gasteiger partial charge in [-0.05, 0) is 65.2 Å². The van der Waals surface area contributed by atoms with E-state index in [1.165, 1.54) is 8.45 Å². The molecule has 0 saturated carbocycles. The van der Waals surface area contributed by atoms with Crippen molar-refractivity contribution in [1.82, 2.24) is 0 Å². The summed E-state index contributed by atoms with van der Waals surface area (Å²) in [4.78, 5) is 1.17. The van der Waals surface area contributed by atoms with Gasteiger partial charge in [-0.1, -0.05) is 6.07 Å². The molecular formula is C13H14INOS. The van der Waals surface area contributed by atoms with Crippen molar-refractivity contribution in [3.8, 4) is 5.75 Å². The van der Waals surface area contributed by atoms with Crippen LogP contribution in [0.5, 0.6) is 5.75 Å². The number of hydrogen-bond acceptors (Lipinski definition) is 3. The van der Waals surface area contributed by atoms with Crippen molar-refractivity contribution >= 4 is 33.9 Å². The van der Waals surface area contributed by atoms with E-state index < -0.39 is 0 Å². The molecule has 1 aromatic heterocycles. The van der Waals surface area contributed by atoms with Gasteiger partial charge >= 0.3 is 0 Å². The lowest BCUT2D eigenvalue weighted by atomic mass is 10.1. The van der Waals surface area contributed by atoms with E-state index in [-0.39, 0.29) is 12.1 Å². The van der Waals surface area contributed by atoms with Crippen LogP contribution in [0.3, 0.4) is 0 Å². The first-order valence-electron chi connectivity index (χ1n) is 5.38. The third kappa shape index (κ3) is 3.43. The van der Waals surface area contributed by atoms with E-state index in [1.54, 1.807) is 11.3 Å². The van der Waals surface area contributed by atoms with Crippen molar-refractivity contribution in [2.75, 3.05) is 0 Å². The maximum atomic E-state index is 5.99. The van der Waals surface area contributed by atoms with Crippen LogP contribution in [0.4, 0.5) is 0 Å². The van der Waals surface area contributed by atoms with Crippen molar-refractivity contribution in [1.29, 1.82) is 0 Å². The average molecular weight is 359 g/mol. The number of ether oxygens (including phenoxy) is 1. The largest absolute Gasteiger partial charge is 0.483 e. The first kappa shape index (κ1) is 12.9. The quantitative estimate of drug-likeness (QED) is 0.843. The van der Waals surface area contributed by atoms with Gasteiger partial charge < -0.3 is 10.5 Å². The van der Waals surface area contributed by atoms with E-state index in [2.05, 4.69) is 28.7 Å². The molecule has 0 amide bonds. The van der Waals surface area contributed by atoms with Crippen molar-refractivity contribution in [3.05, 3.63) is 50.2 Å². The Morgan fingerprint density at radius 1 is 1.24 bits per heavy atom. The van der Waals surface area contributed by atoms with Gasteiger partial charge in [-0.25, -0.2) is 0 Å². The second kappa shape index (κ2) is 5.84. The average Bonchev–Trinajstić information content (AvgIpc) is 2.81. The van der Waals surface area contributed by atoms with E-state index >= 15 is 0 Å². The molecular weight excluding hydrogens is 345 g/mol. The van der Waals surface area contributed by atoms with Gasteiger partial charge in [-0.2, -0.15) is 0 Å². The second-order valence-corrected chi connectivity index (χ2v) is 6.09. The Kier molecular flexibility index (Phi) is 4.42. The Morgan fingerprint density at radius 3 is 2.47 bits per heavy atom. The highest BCUT2D eigenvalue weighted by Crippen LogP contribution is 2.27. The van der Waals surface area contributed by atoms with Gasteiger partial charge in [-0.3, -0.25) is 0 Å². The highest BCUT2D eigenvalue weighted by Gasteiger charge is 2.19. The molecule has 17 heavy (non-hydrogen) atoms. The predicted octanol–water partition coefficient (Wildman–Crippen LogP) is 3.82. The number of halogens is 1. The fraction of sp³-hybridized carbons (Fsp3) is 0.231. The Hall–Kier alpha value is -0.590. The molecule has 0 bridgehead atoms. The number of rotatable bonds is 4. The number of benzene rings is 1. The molecule has 2 unspecified atom stereocenters. The minimum atomic E-state index is -0.0740. The molecule has 0 fully saturated rings. The van der Waals surface area contributed by atoms with Crippen LogP contribution in [0.1, 0.15) is 17.9 Å². The summed E-state index contributed by atoms with van der Waals surface area (Å²) in [5.41, 5.74) is 5.99. The van der Waals surface area contributed by atoms with Crippen LogP contribution < -0.4 is 10.5 Å². The fourth-order valence-corrected chi connectivity index (χ4v) is 2.77. The molecule has 0 saturated heterocycles. The van der Waals surface area contributed by atoms with Crippen molar-refractivity contribution in [2.24, 2.45) is 5.73 Å². The van der Waals surface area contributed by atoms with Crippen LogP contribution in [0.25, 0.3) is 0 Å². The summed E-state index contributed by atoms with van der Waals surface area (Å²) in [6, 6.07) is 12.1. The lowest BCUT2D eigenvalue weighted by Crippen LogP contribution is -2.28. The fourth-order valence-electron chi connectivity index (χ4n) is 1.54. The van der Waals surface area contributed by atoms with Gasteiger partial charge in [0.25, 0.3) is 0 Å². The topological polar surface area (TPSA) is 35.2 Å². The number of nitrogens with two attached hydrogens (primary N) is 1. The van der Waals surface area contributed by atoms with Crippen LogP contribution in [0.2, 0.25) is 0 Å². The molecule has 0 radical (unpaired) electrons. The third-order valence-corrected chi connectivity index (χ3v) is 4.03. The molecule has 4 heteroatoms. The van der Waals surface area contributed by atoms with Crippen LogP contribution in [0, 0.1) is 3.57 Å². The second-order valence-electron chi connectivity index (χ2n) is 3.87. The summed E-state index contributed by atoms with van der Waals surface area (Å²) < 4.78 is 7.15. The van der Waals surface area contributed by atoms with Gasteiger partial charge in [0.05, 0.1) is 0 Å². The molecule has 1 aromatic carbocycles. The SMILES string of the molecule is CC(N)C(Oc1ccc(I)cc1)c1cccs1. The highest BCUT2D eigenvalue weighted by atomic mass is 127. The Balaban J connectivity index is 2.16. The summed E-state index contributed by atoms with van der Waals surface area (Å²) in [5, 5.41) is 2.04. The highest BCUT2D eigenvalue weighted by molar-refractivity contribution is 14.1. The zero-order valence-corrected chi connectivity index (χ0v) is 12.4. The van der Waals surface area contributed by atoms with Crippen LogP contribution in [-0.4, -0.2) is 6.04 Å². The van der Waals surface area contributed by atoms with Gasteiger partial charge in [0.1, 0.15) is 11.9 Å².